The molecular weight excluding hydrogens is 229 g/mol. The van der Waals surface area contributed by atoms with Gasteiger partial charge in [-0.2, -0.15) is 23.4 Å². The molecule has 1 aromatic rings. The molecule has 6 nitrogen and oxygen atoms in total. The molecule has 0 fully saturated rings. The predicted molar refractivity (Wildman–Crippen MR) is 40.9 cm³/mol. The normalized spacial score (nSPS) is 20.1. The lowest BCUT2D eigenvalue weighted by molar-refractivity contribution is -0.159. The quantitative estimate of drug-likeness (QED) is 0.723. The Morgan fingerprint density at radius 3 is 2.69 bits per heavy atom. The van der Waals surface area contributed by atoms with Gasteiger partial charge in [0.15, 0.2) is 0 Å². The summed E-state index contributed by atoms with van der Waals surface area (Å²) in [5.74, 6) is -1.77. The number of aromatic nitrogens is 2. The second-order valence-corrected chi connectivity index (χ2v) is 2.89. The van der Waals surface area contributed by atoms with Crippen molar-refractivity contribution in [3.63, 3.8) is 0 Å². The zero-order valence-corrected chi connectivity index (χ0v) is 7.52. The van der Waals surface area contributed by atoms with Crippen molar-refractivity contribution in [3.05, 3.63) is 11.7 Å². The number of hydrogen-bond donors (Lipinski definition) is 0. The summed E-state index contributed by atoms with van der Waals surface area (Å²) in [7, 11) is 0. The Bertz CT molecular complexity index is 473. The van der Waals surface area contributed by atoms with E-state index in [-0.39, 0.29) is 18.0 Å². The molecule has 0 radical (unpaired) electrons. The van der Waals surface area contributed by atoms with Crippen LogP contribution in [0.25, 0.3) is 0 Å². The van der Waals surface area contributed by atoms with Gasteiger partial charge in [0.2, 0.25) is 11.9 Å². The zero-order chi connectivity index (χ0) is 11.8. The summed E-state index contributed by atoms with van der Waals surface area (Å²) in [6, 6.07) is 1.76. The van der Waals surface area contributed by atoms with Gasteiger partial charge in [0.1, 0.15) is 11.8 Å². The molecule has 1 aliphatic rings. The fraction of sp³-hybridized carbons (Fsp3) is 0.429. The summed E-state index contributed by atoms with van der Waals surface area (Å²) >= 11 is 0. The van der Waals surface area contributed by atoms with Crippen molar-refractivity contribution in [2.24, 2.45) is 5.16 Å². The molecule has 1 aliphatic heterocycles. The first-order valence-electron chi connectivity index (χ1n) is 4.04. The van der Waals surface area contributed by atoms with E-state index in [1.807, 2.05) is 0 Å². The zero-order valence-electron chi connectivity index (χ0n) is 7.52. The molecule has 9 heteroatoms. The van der Waals surface area contributed by atoms with Crippen LogP contribution >= 0.6 is 0 Å². The van der Waals surface area contributed by atoms with E-state index in [4.69, 9.17) is 5.26 Å². The van der Waals surface area contributed by atoms with Gasteiger partial charge >= 0.3 is 12.1 Å². The highest BCUT2D eigenvalue weighted by Crippen LogP contribution is 2.27. The Balaban J connectivity index is 2.19. The highest BCUT2D eigenvalue weighted by atomic mass is 19.4. The molecule has 84 valence electrons. The SMILES string of the molecule is N#CC1CC(c2noc(C(F)(F)F)n2)=NO1. The molecule has 16 heavy (non-hydrogen) atoms. The van der Waals surface area contributed by atoms with E-state index in [9.17, 15) is 13.2 Å². The fourth-order valence-electron chi connectivity index (χ4n) is 1.03. The van der Waals surface area contributed by atoms with Crippen LogP contribution in [0.3, 0.4) is 0 Å². The molecule has 1 aromatic heterocycles. The molecule has 1 unspecified atom stereocenters. The molecule has 0 aromatic carbocycles. The largest absolute Gasteiger partial charge is 0.471 e. The van der Waals surface area contributed by atoms with Crippen molar-refractivity contribution in [1.29, 1.82) is 5.26 Å². The molecule has 0 saturated heterocycles. The second-order valence-electron chi connectivity index (χ2n) is 2.89. The fourth-order valence-corrected chi connectivity index (χ4v) is 1.03. The van der Waals surface area contributed by atoms with Crippen molar-refractivity contribution in [3.8, 4) is 6.07 Å². The number of nitrogens with zero attached hydrogens (tertiary/aromatic N) is 4. The van der Waals surface area contributed by atoms with E-state index in [0.717, 1.165) is 0 Å². The van der Waals surface area contributed by atoms with Gasteiger partial charge in [0.05, 0.1) is 6.42 Å². The summed E-state index contributed by atoms with van der Waals surface area (Å²) in [6.07, 6.45) is -5.48. The van der Waals surface area contributed by atoms with Crippen LogP contribution < -0.4 is 0 Å². The van der Waals surface area contributed by atoms with E-state index < -0.39 is 18.2 Å². The van der Waals surface area contributed by atoms with Crippen LogP contribution in [0.1, 0.15) is 18.1 Å². The van der Waals surface area contributed by atoms with Gasteiger partial charge in [-0.3, -0.25) is 0 Å². The van der Waals surface area contributed by atoms with Gasteiger partial charge in [0, 0.05) is 0 Å². The lowest BCUT2D eigenvalue weighted by Gasteiger charge is -1.95. The van der Waals surface area contributed by atoms with Gasteiger partial charge in [-0.25, -0.2) is 0 Å². The molecular formula is C7H3F3N4O2. The van der Waals surface area contributed by atoms with Crippen molar-refractivity contribution in [1.82, 2.24) is 10.1 Å². The van der Waals surface area contributed by atoms with Crippen LogP contribution in [-0.4, -0.2) is 22.0 Å². The first-order chi connectivity index (χ1) is 7.50. The maximum Gasteiger partial charge on any atom is 0.471 e. The van der Waals surface area contributed by atoms with E-state index in [1.165, 1.54) is 0 Å². The molecule has 2 rings (SSSR count). The number of alkyl halides is 3. The molecule has 0 saturated carbocycles. The third kappa shape index (κ3) is 1.81. The molecule has 0 aliphatic carbocycles. The van der Waals surface area contributed by atoms with Gasteiger partial charge in [-0.15, -0.1) is 0 Å². The molecule has 0 spiro atoms. The van der Waals surface area contributed by atoms with Gasteiger partial charge in [0.25, 0.3) is 0 Å². The van der Waals surface area contributed by atoms with Crippen molar-refractivity contribution < 1.29 is 22.5 Å². The van der Waals surface area contributed by atoms with E-state index in [2.05, 4.69) is 24.7 Å². The van der Waals surface area contributed by atoms with Crippen LogP contribution in [-0.2, 0) is 11.0 Å². The number of nitriles is 1. The second kappa shape index (κ2) is 3.48. The minimum Gasteiger partial charge on any atom is -0.376 e. The highest BCUT2D eigenvalue weighted by molar-refractivity contribution is 5.98. The smallest absolute Gasteiger partial charge is 0.376 e. The Hall–Kier alpha value is -2.11. The summed E-state index contributed by atoms with van der Waals surface area (Å²) in [5, 5.41) is 15.0. The molecule has 0 N–H and O–H groups in total. The van der Waals surface area contributed by atoms with Crippen LogP contribution in [0, 0.1) is 11.3 Å². The van der Waals surface area contributed by atoms with Crippen molar-refractivity contribution >= 4 is 5.71 Å². The van der Waals surface area contributed by atoms with Gasteiger partial charge in [-0.1, -0.05) is 10.3 Å². The van der Waals surface area contributed by atoms with Crippen molar-refractivity contribution in [2.45, 2.75) is 18.7 Å². The Morgan fingerprint density at radius 2 is 2.19 bits per heavy atom. The number of rotatable bonds is 1. The first-order valence-corrected chi connectivity index (χ1v) is 4.04. The standard InChI is InChI=1S/C7H3F3N4O2/c8-7(9,10)6-12-5(14-16-6)4-1-3(2-11)15-13-4/h3H,1H2. The minimum absolute atomic E-state index is 0.0351. The van der Waals surface area contributed by atoms with Crippen LogP contribution in [0.2, 0.25) is 0 Å². The van der Waals surface area contributed by atoms with E-state index in [1.54, 1.807) is 6.07 Å². The predicted octanol–water partition coefficient (Wildman–Crippen LogP) is 1.10. The lowest BCUT2D eigenvalue weighted by atomic mass is 10.2. The van der Waals surface area contributed by atoms with E-state index in [0.29, 0.717) is 0 Å². The highest BCUT2D eigenvalue weighted by Gasteiger charge is 2.39. The maximum atomic E-state index is 12.1. The average molecular weight is 232 g/mol. The summed E-state index contributed by atoms with van der Waals surface area (Å²) in [6.45, 7) is 0. The number of halogens is 3. The van der Waals surface area contributed by atoms with Crippen LogP contribution in [0.5, 0.6) is 0 Å². The third-order valence-electron chi connectivity index (χ3n) is 1.74. The molecule has 0 amide bonds. The maximum absolute atomic E-state index is 12.1. The topological polar surface area (TPSA) is 84.3 Å². The van der Waals surface area contributed by atoms with E-state index >= 15 is 0 Å². The number of oxime groups is 1. The van der Waals surface area contributed by atoms with Gasteiger partial charge in [-0.05, 0) is 0 Å². The summed E-state index contributed by atoms with van der Waals surface area (Å²) in [4.78, 5) is 7.70. The molecule has 0 bridgehead atoms. The average Bonchev–Trinajstić information content (AvgIpc) is 2.85. The third-order valence-corrected chi connectivity index (χ3v) is 1.74. The summed E-state index contributed by atoms with van der Waals surface area (Å²) < 4.78 is 40.3. The monoisotopic (exact) mass is 232 g/mol. The van der Waals surface area contributed by atoms with Crippen LogP contribution in [0.15, 0.2) is 9.68 Å². The lowest BCUT2D eigenvalue weighted by Crippen LogP contribution is -2.08. The van der Waals surface area contributed by atoms with Crippen molar-refractivity contribution in [2.75, 3.05) is 0 Å². The molecule has 1 atom stereocenters. The van der Waals surface area contributed by atoms with Gasteiger partial charge < -0.3 is 9.36 Å². The summed E-state index contributed by atoms with van der Waals surface area (Å²) in [5.41, 5.74) is 0.0609. The van der Waals surface area contributed by atoms with Crippen LogP contribution in [0.4, 0.5) is 13.2 Å². The Labute approximate surface area is 86.3 Å². The Morgan fingerprint density at radius 1 is 1.44 bits per heavy atom. The minimum atomic E-state index is -4.69. The first kappa shape index (κ1) is 10.4. The Kier molecular flexibility index (Phi) is 2.26. The number of hydrogen-bond acceptors (Lipinski definition) is 6. The molecule has 2 heterocycles.